The van der Waals surface area contributed by atoms with Gasteiger partial charge in [-0.1, -0.05) is 41.4 Å². The van der Waals surface area contributed by atoms with E-state index >= 15 is 0 Å². The van der Waals surface area contributed by atoms with Crippen LogP contribution >= 0.6 is 34.5 Å². The van der Waals surface area contributed by atoms with Crippen LogP contribution in [0.5, 0.6) is 0 Å². The highest BCUT2D eigenvalue weighted by Gasteiger charge is 2.13. The van der Waals surface area contributed by atoms with Gasteiger partial charge in [0.25, 0.3) is 0 Å². The smallest absolute Gasteiger partial charge is 0.223 e. The fourth-order valence-corrected chi connectivity index (χ4v) is 3.86. The van der Waals surface area contributed by atoms with Gasteiger partial charge in [-0.3, -0.25) is 4.79 Å². The predicted octanol–water partition coefficient (Wildman–Crippen LogP) is 5.19. The van der Waals surface area contributed by atoms with E-state index in [4.69, 9.17) is 23.2 Å². The maximum atomic E-state index is 12.3. The average molecular weight is 379 g/mol. The van der Waals surface area contributed by atoms with Gasteiger partial charge in [-0.05, 0) is 29.8 Å². The zero-order valence-corrected chi connectivity index (χ0v) is 15.5. The van der Waals surface area contributed by atoms with Crippen LogP contribution in [0.2, 0.25) is 10.0 Å². The molecular weight excluding hydrogens is 363 g/mol. The van der Waals surface area contributed by atoms with Crippen LogP contribution in [-0.4, -0.2) is 22.8 Å². The summed E-state index contributed by atoms with van der Waals surface area (Å²) in [6, 6.07) is 13.3. The summed E-state index contributed by atoms with van der Waals surface area (Å²) in [4.78, 5) is 18.6. The summed E-state index contributed by atoms with van der Waals surface area (Å²) in [5.41, 5.74) is 1.88. The van der Waals surface area contributed by atoms with Crippen molar-refractivity contribution in [3.8, 4) is 0 Å². The van der Waals surface area contributed by atoms with Gasteiger partial charge in [0.1, 0.15) is 0 Å². The molecule has 0 bridgehead atoms. The summed E-state index contributed by atoms with van der Waals surface area (Å²) in [6.07, 6.45) is 1.08. The molecule has 0 radical (unpaired) electrons. The Morgan fingerprint density at radius 1 is 1.21 bits per heavy atom. The van der Waals surface area contributed by atoms with E-state index in [2.05, 4.69) is 4.98 Å². The van der Waals surface area contributed by atoms with Gasteiger partial charge in [-0.25, -0.2) is 4.98 Å². The molecule has 3 rings (SSSR count). The monoisotopic (exact) mass is 378 g/mol. The minimum absolute atomic E-state index is 0.0697. The number of carbonyl (C=O) groups is 1. The Kier molecular flexibility index (Phi) is 5.39. The molecule has 0 saturated carbocycles. The minimum Gasteiger partial charge on any atom is -0.341 e. The number of nitrogens with zero attached hydrogens (tertiary/aromatic N) is 2. The van der Waals surface area contributed by atoms with Crippen LogP contribution in [0.1, 0.15) is 17.0 Å². The number of halogens is 2. The summed E-state index contributed by atoms with van der Waals surface area (Å²) in [6.45, 7) is 0.467. The molecule has 2 aromatic carbocycles. The van der Waals surface area contributed by atoms with Crippen LogP contribution in [0.25, 0.3) is 10.2 Å². The number of aryl methyl sites for hydroxylation is 1. The van der Waals surface area contributed by atoms with Crippen molar-refractivity contribution in [2.45, 2.75) is 19.4 Å². The summed E-state index contributed by atoms with van der Waals surface area (Å²) in [7, 11) is 1.78. The third-order valence-corrected chi connectivity index (χ3v) is 5.42. The van der Waals surface area contributed by atoms with Gasteiger partial charge in [0, 0.05) is 36.5 Å². The number of benzene rings is 2. The van der Waals surface area contributed by atoms with Crippen molar-refractivity contribution in [3.05, 3.63) is 63.1 Å². The molecule has 0 N–H and O–H groups in total. The molecule has 0 saturated heterocycles. The first kappa shape index (κ1) is 17.2. The molecule has 1 heterocycles. The van der Waals surface area contributed by atoms with Crippen molar-refractivity contribution >= 4 is 50.7 Å². The lowest BCUT2D eigenvalue weighted by atomic mass is 10.2. The SMILES string of the molecule is CN(Cc1ccc(Cl)cc1Cl)C(=O)CCc1nc2ccccc2s1. The number of aromatic nitrogens is 1. The largest absolute Gasteiger partial charge is 0.341 e. The van der Waals surface area contributed by atoms with E-state index in [0.29, 0.717) is 29.4 Å². The maximum absolute atomic E-state index is 12.3. The Balaban J connectivity index is 1.59. The molecule has 1 amide bonds. The quantitative estimate of drug-likeness (QED) is 0.611. The molecule has 124 valence electrons. The zero-order chi connectivity index (χ0) is 17.1. The molecule has 3 aromatic rings. The number of hydrogen-bond donors (Lipinski definition) is 0. The van der Waals surface area contributed by atoms with Gasteiger partial charge >= 0.3 is 0 Å². The van der Waals surface area contributed by atoms with Gasteiger partial charge in [0.05, 0.1) is 15.2 Å². The van der Waals surface area contributed by atoms with Crippen molar-refractivity contribution in [2.75, 3.05) is 7.05 Å². The highest BCUT2D eigenvalue weighted by atomic mass is 35.5. The van der Waals surface area contributed by atoms with Gasteiger partial charge in [0.2, 0.25) is 5.91 Å². The molecule has 0 aliphatic carbocycles. The fraction of sp³-hybridized carbons (Fsp3) is 0.222. The minimum atomic E-state index is 0.0697. The highest BCUT2D eigenvalue weighted by molar-refractivity contribution is 7.18. The lowest BCUT2D eigenvalue weighted by molar-refractivity contribution is -0.130. The van der Waals surface area contributed by atoms with E-state index < -0.39 is 0 Å². The van der Waals surface area contributed by atoms with E-state index in [1.165, 1.54) is 0 Å². The van der Waals surface area contributed by atoms with E-state index in [-0.39, 0.29) is 5.91 Å². The van der Waals surface area contributed by atoms with Crippen LogP contribution in [0.4, 0.5) is 0 Å². The molecule has 6 heteroatoms. The summed E-state index contributed by atoms with van der Waals surface area (Å²) in [5, 5.41) is 2.16. The van der Waals surface area contributed by atoms with Crippen molar-refractivity contribution in [2.24, 2.45) is 0 Å². The van der Waals surface area contributed by atoms with Crippen molar-refractivity contribution < 1.29 is 4.79 Å². The molecule has 0 aliphatic rings. The molecule has 0 atom stereocenters. The van der Waals surface area contributed by atoms with Gasteiger partial charge in [-0.15, -0.1) is 11.3 Å². The second kappa shape index (κ2) is 7.51. The van der Waals surface area contributed by atoms with Crippen molar-refractivity contribution in [1.82, 2.24) is 9.88 Å². The van der Waals surface area contributed by atoms with Gasteiger partial charge < -0.3 is 4.90 Å². The number of rotatable bonds is 5. The Bertz CT molecular complexity index is 845. The van der Waals surface area contributed by atoms with Crippen molar-refractivity contribution in [3.63, 3.8) is 0 Å². The van der Waals surface area contributed by atoms with E-state index in [9.17, 15) is 4.79 Å². The van der Waals surface area contributed by atoms with E-state index in [1.54, 1.807) is 35.4 Å². The lowest BCUT2D eigenvalue weighted by Gasteiger charge is -2.18. The summed E-state index contributed by atoms with van der Waals surface area (Å²) >= 11 is 13.7. The lowest BCUT2D eigenvalue weighted by Crippen LogP contribution is -2.26. The van der Waals surface area contributed by atoms with E-state index in [0.717, 1.165) is 20.8 Å². The number of fused-ring (bicyclic) bond motifs is 1. The Labute approximate surface area is 154 Å². The molecule has 24 heavy (non-hydrogen) atoms. The number of amides is 1. The van der Waals surface area contributed by atoms with Crippen molar-refractivity contribution in [1.29, 1.82) is 0 Å². The Morgan fingerprint density at radius 2 is 2.00 bits per heavy atom. The standard InChI is InChI=1S/C18H16Cl2N2OS/c1-22(11-12-6-7-13(19)10-14(12)20)18(23)9-8-17-21-15-4-2-3-5-16(15)24-17/h2-7,10H,8-9,11H2,1H3. The van der Waals surface area contributed by atoms with Crippen LogP contribution < -0.4 is 0 Å². The number of carbonyl (C=O) groups excluding carboxylic acids is 1. The number of thiazole rings is 1. The molecule has 0 spiro atoms. The molecular formula is C18H16Cl2N2OS. The molecule has 3 nitrogen and oxygen atoms in total. The van der Waals surface area contributed by atoms with Crippen LogP contribution in [0, 0.1) is 0 Å². The topological polar surface area (TPSA) is 33.2 Å². The first-order valence-electron chi connectivity index (χ1n) is 7.55. The van der Waals surface area contributed by atoms with Gasteiger partial charge in [0.15, 0.2) is 0 Å². The summed E-state index contributed by atoms with van der Waals surface area (Å²) < 4.78 is 1.15. The number of para-hydroxylation sites is 1. The average Bonchev–Trinajstić information content (AvgIpc) is 2.98. The molecule has 0 aliphatic heterocycles. The first-order chi connectivity index (χ1) is 11.5. The number of hydrogen-bond acceptors (Lipinski definition) is 3. The zero-order valence-electron chi connectivity index (χ0n) is 13.1. The third-order valence-electron chi connectivity index (χ3n) is 3.74. The second-order valence-corrected chi connectivity index (χ2v) is 7.52. The van der Waals surface area contributed by atoms with Crippen LogP contribution in [0.3, 0.4) is 0 Å². The third kappa shape index (κ3) is 4.07. The molecule has 0 fully saturated rings. The second-order valence-electron chi connectivity index (χ2n) is 5.56. The van der Waals surface area contributed by atoms with Gasteiger partial charge in [-0.2, -0.15) is 0 Å². The normalized spacial score (nSPS) is 11.0. The van der Waals surface area contributed by atoms with Crippen LogP contribution in [0.15, 0.2) is 42.5 Å². The van der Waals surface area contributed by atoms with E-state index in [1.807, 2.05) is 30.3 Å². The predicted molar refractivity (Wildman–Crippen MR) is 101 cm³/mol. The fourth-order valence-electron chi connectivity index (χ4n) is 2.43. The Hall–Kier alpha value is -1.62. The first-order valence-corrected chi connectivity index (χ1v) is 9.12. The summed E-state index contributed by atoms with van der Waals surface area (Å²) in [5.74, 6) is 0.0697. The maximum Gasteiger partial charge on any atom is 0.223 e. The van der Waals surface area contributed by atoms with Crippen LogP contribution in [-0.2, 0) is 17.8 Å². The molecule has 0 unspecified atom stereocenters. The molecule has 1 aromatic heterocycles. The Morgan fingerprint density at radius 3 is 2.75 bits per heavy atom. The highest BCUT2D eigenvalue weighted by Crippen LogP contribution is 2.24.